The summed E-state index contributed by atoms with van der Waals surface area (Å²) in [6.45, 7) is 4.72. The Hall–Kier alpha value is -0.600. The molecule has 0 aromatic heterocycles. The molecule has 0 aromatic rings. The van der Waals surface area contributed by atoms with Crippen molar-refractivity contribution in [2.45, 2.75) is 71.0 Å². The molecule has 0 bridgehead atoms. The predicted molar refractivity (Wildman–Crippen MR) is 83.7 cm³/mol. The maximum absolute atomic E-state index is 10.4. The van der Waals surface area contributed by atoms with E-state index in [1.54, 1.807) is 5.57 Å². The van der Waals surface area contributed by atoms with E-state index < -0.39 is 0 Å². The van der Waals surface area contributed by atoms with Crippen molar-refractivity contribution in [3.63, 3.8) is 0 Å². The third-order valence-electron chi connectivity index (χ3n) is 7.44. The molecule has 2 N–H and O–H groups in total. The molecule has 2 saturated carbocycles. The van der Waals surface area contributed by atoms with E-state index in [0.717, 1.165) is 44.4 Å². The molecule has 4 aliphatic carbocycles. The van der Waals surface area contributed by atoms with Crippen LogP contribution in [0.4, 0.5) is 0 Å². The van der Waals surface area contributed by atoms with Crippen LogP contribution in [-0.2, 0) is 0 Å². The molecule has 0 aromatic carbocycles. The number of rotatable bonds is 0. The van der Waals surface area contributed by atoms with Crippen LogP contribution in [0.5, 0.6) is 0 Å². The molecule has 2 fully saturated rings. The van der Waals surface area contributed by atoms with Crippen LogP contribution < -0.4 is 0 Å². The molecule has 0 radical (unpaired) electrons. The van der Waals surface area contributed by atoms with E-state index in [1.807, 2.05) is 0 Å². The zero-order chi connectivity index (χ0) is 14.8. The Morgan fingerprint density at radius 1 is 1.00 bits per heavy atom. The fraction of sp³-hybridized carbons (Fsp3) is 0.789. The summed E-state index contributed by atoms with van der Waals surface area (Å²) in [6.07, 6.45) is 11.8. The van der Waals surface area contributed by atoms with Gasteiger partial charge in [-0.1, -0.05) is 37.1 Å². The molecule has 0 spiro atoms. The first-order chi connectivity index (χ1) is 9.95. The van der Waals surface area contributed by atoms with Crippen molar-refractivity contribution >= 4 is 0 Å². The average molecular weight is 288 g/mol. The zero-order valence-electron chi connectivity index (χ0n) is 13.3. The second kappa shape index (κ2) is 4.45. The van der Waals surface area contributed by atoms with Crippen LogP contribution in [-0.4, -0.2) is 22.4 Å². The highest BCUT2D eigenvalue weighted by atomic mass is 16.3. The van der Waals surface area contributed by atoms with Crippen LogP contribution >= 0.6 is 0 Å². The molecule has 4 aliphatic rings. The fourth-order valence-electron chi connectivity index (χ4n) is 5.96. The predicted octanol–water partition coefficient (Wildman–Crippen LogP) is 3.59. The van der Waals surface area contributed by atoms with Crippen molar-refractivity contribution in [1.82, 2.24) is 0 Å². The summed E-state index contributed by atoms with van der Waals surface area (Å²) in [7, 11) is 0. The minimum absolute atomic E-state index is 0.0387. The van der Waals surface area contributed by atoms with Crippen molar-refractivity contribution in [2.75, 3.05) is 0 Å². The van der Waals surface area contributed by atoms with Gasteiger partial charge in [0.1, 0.15) is 0 Å². The highest BCUT2D eigenvalue weighted by molar-refractivity contribution is 5.34. The summed E-state index contributed by atoms with van der Waals surface area (Å²) >= 11 is 0. The lowest BCUT2D eigenvalue weighted by molar-refractivity contribution is -0.00278. The van der Waals surface area contributed by atoms with Crippen LogP contribution in [0.2, 0.25) is 0 Å². The van der Waals surface area contributed by atoms with Gasteiger partial charge in [0.25, 0.3) is 0 Å². The van der Waals surface area contributed by atoms with E-state index in [0.29, 0.717) is 5.92 Å². The second-order valence-electron chi connectivity index (χ2n) is 8.36. The minimum atomic E-state index is -0.167. The van der Waals surface area contributed by atoms with Crippen LogP contribution in [0, 0.1) is 22.7 Å². The van der Waals surface area contributed by atoms with Gasteiger partial charge >= 0.3 is 0 Å². The van der Waals surface area contributed by atoms with E-state index in [-0.39, 0.29) is 23.0 Å². The van der Waals surface area contributed by atoms with Crippen molar-refractivity contribution in [3.8, 4) is 0 Å². The van der Waals surface area contributed by atoms with Crippen LogP contribution in [0.3, 0.4) is 0 Å². The number of aliphatic hydroxyl groups is 2. The molecule has 4 rings (SSSR count). The lowest BCUT2D eigenvalue weighted by Crippen LogP contribution is -2.48. The molecule has 21 heavy (non-hydrogen) atoms. The molecule has 0 heterocycles. The number of aliphatic hydroxyl groups excluding tert-OH is 2. The fourth-order valence-corrected chi connectivity index (χ4v) is 5.96. The quantitative estimate of drug-likeness (QED) is 0.669. The maximum atomic E-state index is 10.4. The van der Waals surface area contributed by atoms with Crippen molar-refractivity contribution in [1.29, 1.82) is 0 Å². The number of hydrogen-bond acceptors (Lipinski definition) is 2. The van der Waals surface area contributed by atoms with Gasteiger partial charge in [0.05, 0.1) is 12.2 Å². The summed E-state index contributed by atoms with van der Waals surface area (Å²) in [5.74, 6) is 1.35. The van der Waals surface area contributed by atoms with Crippen molar-refractivity contribution in [2.24, 2.45) is 22.7 Å². The van der Waals surface area contributed by atoms with E-state index >= 15 is 0 Å². The lowest BCUT2D eigenvalue weighted by atomic mass is 9.49. The van der Waals surface area contributed by atoms with Crippen LogP contribution in [0.1, 0.15) is 58.8 Å². The second-order valence-corrected chi connectivity index (χ2v) is 8.36. The molecular formula is C19H28O2. The van der Waals surface area contributed by atoms with E-state index in [2.05, 4.69) is 26.0 Å². The Morgan fingerprint density at radius 2 is 1.76 bits per heavy atom. The molecule has 2 heteroatoms. The van der Waals surface area contributed by atoms with Gasteiger partial charge in [0.15, 0.2) is 0 Å². The summed E-state index contributed by atoms with van der Waals surface area (Å²) in [4.78, 5) is 0. The van der Waals surface area contributed by atoms with Gasteiger partial charge in [-0.05, 0) is 62.2 Å². The number of allylic oxidation sites excluding steroid dienone is 1. The van der Waals surface area contributed by atoms with Crippen molar-refractivity contribution in [3.05, 3.63) is 23.3 Å². The largest absolute Gasteiger partial charge is 0.393 e. The maximum Gasteiger partial charge on any atom is 0.0665 e. The standard InChI is InChI=1S/C19H28O2/c1-18-9-7-13(20)11-12(18)3-4-14-15-5-6-17(21)19(15,2)10-8-16(14)18/h3,5,13-14,16-17,20-21H,4,6-11H2,1-2H3/t13-,14-,16-,17+,18-,19-/m0/s1. The summed E-state index contributed by atoms with van der Waals surface area (Å²) in [6, 6.07) is 0. The average Bonchev–Trinajstić information content (AvgIpc) is 2.76. The summed E-state index contributed by atoms with van der Waals surface area (Å²) in [5.41, 5.74) is 3.40. The highest BCUT2D eigenvalue weighted by Crippen LogP contribution is 2.63. The Morgan fingerprint density at radius 3 is 2.57 bits per heavy atom. The van der Waals surface area contributed by atoms with Gasteiger partial charge in [-0.3, -0.25) is 0 Å². The number of fused-ring (bicyclic) bond motifs is 5. The van der Waals surface area contributed by atoms with Crippen LogP contribution in [0.15, 0.2) is 23.3 Å². The Bertz CT molecular complexity index is 520. The summed E-state index contributed by atoms with van der Waals surface area (Å²) in [5, 5.41) is 20.4. The molecule has 0 aliphatic heterocycles. The van der Waals surface area contributed by atoms with Crippen LogP contribution in [0.25, 0.3) is 0 Å². The first-order valence-corrected chi connectivity index (χ1v) is 8.71. The smallest absolute Gasteiger partial charge is 0.0665 e. The lowest BCUT2D eigenvalue weighted by Gasteiger charge is -2.56. The highest BCUT2D eigenvalue weighted by Gasteiger charge is 2.55. The van der Waals surface area contributed by atoms with E-state index in [9.17, 15) is 10.2 Å². The Kier molecular flexibility index (Phi) is 2.97. The molecule has 2 nitrogen and oxygen atoms in total. The minimum Gasteiger partial charge on any atom is -0.393 e. The first kappa shape index (κ1) is 14.0. The first-order valence-electron chi connectivity index (χ1n) is 8.71. The zero-order valence-corrected chi connectivity index (χ0v) is 13.3. The molecular weight excluding hydrogens is 260 g/mol. The van der Waals surface area contributed by atoms with Gasteiger partial charge in [0, 0.05) is 5.41 Å². The number of hydrogen-bond donors (Lipinski definition) is 2. The monoisotopic (exact) mass is 288 g/mol. The van der Waals surface area contributed by atoms with Gasteiger partial charge in [-0.25, -0.2) is 0 Å². The third-order valence-corrected chi connectivity index (χ3v) is 7.44. The van der Waals surface area contributed by atoms with Gasteiger partial charge in [-0.2, -0.15) is 0 Å². The molecule has 0 saturated heterocycles. The van der Waals surface area contributed by atoms with Crippen molar-refractivity contribution < 1.29 is 10.2 Å². The molecule has 0 amide bonds. The summed E-state index contributed by atoms with van der Waals surface area (Å²) < 4.78 is 0. The van der Waals surface area contributed by atoms with E-state index in [1.165, 1.54) is 12.0 Å². The topological polar surface area (TPSA) is 40.5 Å². The SMILES string of the molecule is C[C@]12CC[C@H]3[C@@H](CC=C4C[C@@H](O)CC[C@@]43C)C1=CC[C@H]2O. The molecule has 0 unspecified atom stereocenters. The van der Waals surface area contributed by atoms with E-state index in [4.69, 9.17) is 0 Å². The molecule has 6 atom stereocenters. The van der Waals surface area contributed by atoms with Gasteiger partial charge in [0.2, 0.25) is 0 Å². The normalized spacial score (nSPS) is 52.4. The van der Waals surface area contributed by atoms with Gasteiger partial charge < -0.3 is 10.2 Å². The Labute approximate surface area is 127 Å². The third kappa shape index (κ3) is 1.78. The molecule has 116 valence electrons. The van der Waals surface area contributed by atoms with Gasteiger partial charge in [-0.15, -0.1) is 0 Å². The Balaban J connectivity index is 1.71.